The number of allylic oxidation sites excluding steroid dienone is 1. The quantitative estimate of drug-likeness (QED) is 0.419. The van der Waals surface area contributed by atoms with E-state index in [2.05, 4.69) is 0 Å². The molecule has 0 spiro atoms. The number of ether oxygens (including phenoxy) is 1. The molecular formula is C14H21NO2. The van der Waals surface area contributed by atoms with E-state index in [4.69, 9.17) is 10.00 Å². The predicted molar refractivity (Wildman–Crippen MR) is 66.1 cm³/mol. The third-order valence-corrected chi connectivity index (χ3v) is 2.79. The Kier molecular flexibility index (Phi) is 4.74. The monoisotopic (exact) mass is 235 g/mol. The standard InChI is InChI=1S/C14H21NO2/c1-14(2,3)17-13(16)12(10-15)9-11-7-5-4-6-8-11/h9,11H,4-8H2,1-3H3/b12-9+. The summed E-state index contributed by atoms with van der Waals surface area (Å²) < 4.78 is 5.20. The highest BCUT2D eigenvalue weighted by molar-refractivity contribution is 5.93. The predicted octanol–water partition coefficient (Wildman–Crippen LogP) is 3.36. The van der Waals surface area contributed by atoms with Crippen molar-refractivity contribution in [1.29, 1.82) is 5.26 Å². The Morgan fingerprint density at radius 1 is 1.29 bits per heavy atom. The third-order valence-electron chi connectivity index (χ3n) is 2.79. The van der Waals surface area contributed by atoms with Crippen LogP contribution in [-0.4, -0.2) is 11.6 Å². The van der Waals surface area contributed by atoms with Gasteiger partial charge in [-0.05, 0) is 39.5 Å². The fourth-order valence-electron chi connectivity index (χ4n) is 2.02. The molecule has 0 aliphatic heterocycles. The minimum absolute atomic E-state index is 0.159. The van der Waals surface area contributed by atoms with Gasteiger partial charge in [-0.1, -0.05) is 25.3 Å². The Morgan fingerprint density at radius 3 is 2.35 bits per heavy atom. The molecule has 0 aromatic heterocycles. The number of rotatable bonds is 2. The molecule has 0 atom stereocenters. The average Bonchev–Trinajstić information content (AvgIpc) is 2.24. The summed E-state index contributed by atoms with van der Waals surface area (Å²) in [4.78, 5) is 11.8. The van der Waals surface area contributed by atoms with E-state index in [1.807, 2.05) is 6.07 Å². The smallest absolute Gasteiger partial charge is 0.349 e. The molecule has 0 bridgehead atoms. The highest BCUT2D eigenvalue weighted by atomic mass is 16.6. The molecule has 0 aromatic rings. The van der Waals surface area contributed by atoms with Crippen LogP contribution in [0.3, 0.4) is 0 Å². The van der Waals surface area contributed by atoms with Gasteiger partial charge in [-0.3, -0.25) is 0 Å². The molecule has 0 amide bonds. The van der Waals surface area contributed by atoms with Crippen molar-refractivity contribution in [2.24, 2.45) is 5.92 Å². The first-order valence-corrected chi connectivity index (χ1v) is 6.27. The minimum Gasteiger partial charge on any atom is -0.456 e. The Labute approximate surface area is 103 Å². The van der Waals surface area contributed by atoms with Crippen LogP contribution in [0, 0.1) is 17.2 Å². The van der Waals surface area contributed by atoms with Crippen molar-refractivity contribution in [3.05, 3.63) is 11.6 Å². The van der Waals surface area contributed by atoms with Gasteiger partial charge in [0, 0.05) is 0 Å². The molecule has 3 heteroatoms. The van der Waals surface area contributed by atoms with E-state index in [0.29, 0.717) is 5.92 Å². The molecule has 1 saturated carbocycles. The molecule has 0 heterocycles. The summed E-state index contributed by atoms with van der Waals surface area (Å²) in [5.41, 5.74) is -0.383. The second kappa shape index (κ2) is 5.86. The first-order valence-electron chi connectivity index (χ1n) is 6.27. The zero-order valence-electron chi connectivity index (χ0n) is 11.0. The number of esters is 1. The molecule has 17 heavy (non-hydrogen) atoms. The van der Waals surface area contributed by atoms with Crippen LogP contribution in [0.5, 0.6) is 0 Å². The summed E-state index contributed by atoms with van der Waals surface area (Å²) >= 11 is 0. The van der Waals surface area contributed by atoms with Crippen LogP contribution in [0.2, 0.25) is 0 Å². The van der Waals surface area contributed by atoms with Gasteiger partial charge in [-0.25, -0.2) is 4.79 Å². The summed E-state index contributed by atoms with van der Waals surface area (Å²) in [5, 5.41) is 9.00. The van der Waals surface area contributed by atoms with Crippen molar-refractivity contribution in [3.8, 4) is 6.07 Å². The van der Waals surface area contributed by atoms with E-state index in [9.17, 15) is 4.79 Å². The molecule has 0 saturated heterocycles. The van der Waals surface area contributed by atoms with Gasteiger partial charge in [0.1, 0.15) is 17.2 Å². The molecule has 0 unspecified atom stereocenters. The van der Waals surface area contributed by atoms with Crippen molar-refractivity contribution in [1.82, 2.24) is 0 Å². The lowest BCUT2D eigenvalue weighted by molar-refractivity contribution is -0.149. The van der Waals surface area contributed by atoms with Gasteiger partial charge in [0.05, 0.1) is 0 Å². The van der Waals surface area contributed by atoms with E-state index < -0.39 is 11.6 Å². The summed E-state index contributed by atoms with van der Waals surface area (Å²) in [7, 11) is 0. The van der Waals surface area contributed by atoms with Gasteiger partial charge in [-0.2, -0.15) is 5.26 Å². The van der Waals surface area contributed by atoms with E-state index >= 15 is 0 Å². The van der Waals surface area contributed by atoms with Crippen LogP contribution in [-0.2, 0) is 9.53 Å². The number of nitriles is 1. The first kappa shape index (κ1) is 13.8. The maximum Gasteiger partial charge on any atom is 0.349 e. The Hall–Kier alpha value is -1.30. The maximum atomic E-state index is 11.8. The largest absolute Gasteiger partial charge is 0.456 e. The lowest BCUT2D eigenvalue weighted by Gasteiger charge is -2.21. The van der Waals surface area contributed by atoms with Crippen LogP contribution >= 0.6 is 0 Å². The van der Waals surface area contributed by atoms with Crippen LogP contribution in [0.4, 0.5) is 0 Å². The fraction of sp³-hybridized carbons (Fsp3) is 0.714. The molecule has 1 fully saturated rings. The lowest BCUT2D eigenvalue weighted by Crippen LogP contribution is -2.25. The molecule has 3 nitrogen and oxygen atoms in total. The summed E-state index contributed by atoms with van der Waals surface area (Å²) in [6.45, 7) is 5.42. The number of nitrogens with zero attached hydrogens (tertiary/aromatic N) is 1. The molecule has 1 aliphatic carbocycles. The zero-order valence-corrected chi connectivity index (χ0v) is 11.0. The third kappa shape index (κ3) is 5.04. The van der Waals surface area contributed by atoms with Crippen LogP contribution < -0.4 is 0 Å². The molecule has 0 aromatic carbocycles. The fourth-order valence-corrected chi connectivity index (χ4v) is 2.02. The molecule has 0 N–H and O–H groups in total. The van der Waals surface area contributed by atoms with Crippen LogP contribution in [0.1, 0.15) is 52.9 Å². The van der Waals surface area contributed by atoms with Crippen molar-refractivity contribution < 1.29 is 9.53 Å². The molecule has 94 valence electrons. The summed E-state index contributed by atoms with van der Waals surface area (Å²) in [5.74, 6) is -0.128. The number of hydrogen-bond acceptors (Lipinski definition) is 3. The average molecular weight is 235 g/mol. The molecule has 1 rings (SSSR count). The Morgan fingerprint density at radius 2 is 1.88 bits per heavy atom. The van der Waals surface area contributed by atoms with E-state index in [1.165, 1.54) is 19.3 Å². The Balaban J connectivity index is 2.67. The van der Waals surface area contributed by atoms with Gasteiger partial charge >= 0.3 is 5.97 Å². The van der Waals surface area contributed by atoms with E-state index in [-0.39, 0.29) is 5.57 Å². The summed E-state index contributed by atoms with van der Waals surface area (Å²) in [6, 6.07) is 1.96. The minimum atomic E-state index is -0.542. The second-order valence-electron chi connectivity index (χ2n) is 5.59. The first-order chi connectivity index (χ1) is 7.92. The van der Waals surface area contributed by atoms with Gasteiger partial charge in [-0.15, -0.1) is 0 Å². The zero-order chi connectivity index (χ0) is 12.9. The second-order valence-corrected chi connectivity index (χ2v) is 5.59. The van der Waals surface area contributed by atoms with Crippen molar-refractivity contribution in [2.45, 2.75) is 58.5 Å². The van der Waals surface area contributed by atoms with Crippen LogP contribution in [0.25, 0.3) is 0 Å². The molecule has 0 radical (unpaired) electrons. The van der Waals surface area contributed by atoms with Gasteiger partial charge in [0.25, 0.3) is 0 Å². The van der Waals surface area contributed by atoms with Gasteiger partial charge in [0.15, 0.2) is 0 Å². The SMILES string of the molecule is CC(C)(C)OC(=O)/C(C#N)=C/C1CCCCC1. The number of carbonyl (C=O) groups is 1. The topological polar surface area (TPSA) is 50.1 Å². The van der Waals surface area contributed by atoms with Crippen molar-refractivity contribution in [2.75, 3.05) is 0 Å². The highest BCUT2D eigenvalue weighted by Gasteiger charge is 2.21. The maximum absolute atomic E-state index is 11.8. The number of carbonyl (C=O) groups excluding carboxylic acids is 1. The normalized spacial score (nSPS) is 18.6. The highest BCUT2D eigenvalue weighted by Crippen LogP contribution is 2.26. The molecule has 1 aliphatic rings. The molecular weight excluding hydrogens is 214 g/mol. The van der Waals surface area contributed by atoms with Crippen molar-refractivity contribution in [3.63, 3.8) is 0 Å². The van der Waals surface area contributed by atoms with Crippen molar-refractivity contribution >= 4 is 5.97 Å². The van der Waals surface area contributed by atoms with E-state index in [0.717, 1.165) is 12.8 Å². The van der Waals surface area contributed by atoms with E-state index in [1.54, 1.807) is 26.8 Å². The van der Waals surface area contributed by atoms with Crippen LogP contribution in [0.15, 0.2) is 11.6 Å². The number of hydrogen-bond donors (Lipinski definition) is 0. The lowest BCUT2D eigenvalue weighted by atomic mass is 9.88. The summed E-state index contributed by atoms with van der Waals surface area (Å²) in [6.07, 6.45) is 7.59. The Bertz CT molecular complexity index is 338. The van der Waals surface area contributed by atoms with Gasteiger partial charge in [0.2, 0.25) is 0 Å². The van der Waals surface area contributed by atoms with Gasteiger partial charge < -0.3 is 4.74 Å².